The zero-order valence-corrected chi connectivity index (χ0v) is 20.3. The third-order valence-corrected chi connectivity index (χ3v) is 7.15. The number of aromatic nitrogens is 1. The predicted octanol–water partition coefficient (Wildman–Crippen LogP) is 8.61. The van der Waals surface area contributed by atoms with Crippen molar-refractivity contribution in [2.45, 2.75) is 12.1 Å². The van der Waals surface area contributed by atoms with E-state index in [0.29, 0.717) is 21.7 Å². The Hall–Kier alpha value is -3.61. The van der Waals surface area contributed by atoms with Crippen molar-refractivity contribution < 1.29 is 13.2 Å². The maximum atomic E-state index is 12.9. The normalized spacial score (nSPS) is 12.9. The van der Waals surface area contributed by atoms with Crippen LogP contribution in [-0.4, -0.2) is 4.98 Å². The Morgan fingerprint density at radius 1 is 0.861 bits per heavy atom. The highest BCUT2D eigenvalue weighted by Gasteiger charge is 2.29. The number of hydrogen-bond donors (Lipinski definition) is 1. The second-order valence-corrected chi connectivity index (χ2v) is 9.76. The van der Waals surface area contributed by atoms with Crippen LogP contribution in [0.4, 0.5) is 13.2 Å². The van der Waals surface area contributed by atoms with Gasteiger partial charge in [0.2, 0.25) is 5.56 Å². The van der Waals surface area contributed by atoms with E-state index in [-0.39, 0.29) is 11.5 Å². The Kier molecular flexibility index (Phi) is 6.56. The molecule has 2 aromatic heterocycles. The van der Waals surface area contributed by atoms with Gasteiger partial charge in [-0.3, -0.25) is 4.79 Å². The van der Waals surface area contributed by atoms with Crippen LogP contribution in [0.25, 0.3) is 23.1 Å². The third-order valence-electron chi connectivity index (χ3n) is 5.96. The molecule has 1 atom stereocenters. The highest BCUT2D eigenvalue weighted by atomic mass is 35.5. The van der Waals surface area contributed by atoms with E-state index < -0.39 is 11.7 Å². The van der Waals surface area contributed by atoms with E-state index in [9.17, 15) is 18.0 Å². The molecule has 0 bridgehead atoms. The van der Waals surface area contributed by atoms with Crippen LogP contribution in [-0.2, 0) is 6.18 Å². The molecule has 0 fully saturated rings. The minimum Gasteiger partial charge on any atom is -0.322 e. The van der Waals surface area contributed by atoms with Gasteiger partial charge in [-0.15, -0.1) is 11.3 Å². The summed E-state index contributed by atoms with van der Waals surface area (Å²) in [5.41, 5.74) is 3.14. The van der Waals surface area contributed by atoms with E-state index in [0.717, 1.165) is 28.6 Å². The summed E-state index contributed by atoms with van der Waals surface area (Å²) in [7, 11) is 0. The Bertz CT molecular complexity index is 1590. The number of thiophene rings is 1. The van der Waals surface area contributed by atoms with Crippen molar-refractivity contribution in [2.75, 3.05) is 0 Å². The van der Waals surface area contributed by atoms with Crippen molar-refractivity contribution in [3.63, 3.8) is 0 Å². The third kappa shape index (κ3) is 5.15. The van der Waals surface area contributed by atoms with Crippen molar-refractivity contribution in [3.05, 3.63) is 138 Å². The summed E-state index contributed by atoms with van der Waals surface area (Å²) in [6.45, 7) is 0. The number of halogens is 4. The zero-order valence-electron chi connectivity index (χ0n) is 18.7. The Labute approximate surface area is 214 Å². The fraction of sp³-hybridized carbons (Fsp3) is 0.0690. The molecule has 0 saturated carbocycles. The van der Waals surface area contributed by atoms with Gasteiger partial charge in [-0.25, -0.2) is 0 Å². The summed E-state index contributed by atoms with van der Waals surface area (Å²) in [4.78, 5) is 16.3. The summed E-state index contributed by atoms with van der Waals surface area (Å²) in [6.07, 6.45) is -0.922. The highest BCUT2D eigenvalue weighted by molar-refractivity contribution is 7.10. The van der Waals surface area contributed by atoms with E-state index in [4.69, 9.17) is 11.6 Å². The molecule has 2 heterocycles. The molecule has 0 aliphatic heterocycles. The number of H-pyrrole nitrogens is 1. The van der Waals surface area contributed by atoms with Crippen LogP contribution in [0.2, 0.25) is 5.02 Å². The van der Waals surface area contributed by atoms with Crippen molar-refractivity contribution in [1.29, 1.82) is 0 Å². The number of alkyl halides is 3. The zero-order chi connectivity index (χ0) is 25.3. The summed E-state index contributed by atoms with van der Waals surface area (Å²) in [5.74, 6) is -0.0228. The average molecular weight is 522 g/mol. The Morgan fingerprint density at radius 3 is 2.25 bits per heavy atom. The molecule has 5 rings (SSSR count). The first-order valence-electron chi connectivity index (χ1n) is 11.1. The van der Waals surface area contributed by atoms with Gasteiger partial charge >= 0.3 is 6.18 Å². The van der Waals surface area contributed by atoms with Gasteiger partial charge in [0, 0.05) is 32.8 Å². The van der Waals surface area contributed by atoms with Crippen LogP contribution in [0.5, 0.6) is 0 Å². The van der Waals surface area contributed by atoms with Crippen molar-refractivity contribution >= 4 is 46.0 Å². The molecule has 1 N–H and O–H groups in total. The second kappa shape index (κ2) is 9.80. The molecular weight excluding hydrogens is 503 g/mol. The lowest BCUT2D eigenvalue weighted by Gasteiger charge is -2.18. The molecule has 180 valence electrons. The van der Waals surface area contributed by atoms with Gasteiger partial charge in [0.15, 0.2) is 0 Å². The van der Waals surface area contributed by atoms with Gasteiger partial charge < -0.3 is 4.98 Å². The number of nitrogens with one attached hydrogen (secondary N) is 1. The molecule has 0 aliphatic carbocycles. The van der Waals surface area contributed by atoms with E-state index in [1.54, 1.807) is 23.5 Å². The van der Waals surface area contributed by atoms with Gasteiger partial charge in [-0.05, 0) is 70.1 Å². The Balaban J connectivity index is 1.58. The van der Waals surface area contributed by atoms with Gasteiger partial charge in [-0.1, -0.05) is 60.2 Å². The number of pyridine rings is 1. The lowest BCUT2D eigenvalue weighted by molar-refractivity contribution is -0.137. The lowest BCUT2D eigenvalue weighted by atomic mass is 9.88. The smallest absolute Gasteiger partial charge is 0.322 e. The molecule has 1 unspecified atom stereocenters. The Morgan fingerprint density at radius 2 is 1.58 bits per heavy atom. The van der Waals surface area contributed by atoms with Crippen LogP contribution in [0.1, 0.15) is 38.6 Å². The molecule has 2 nitrogen and oxygen atoms in total. The van der Waals surface area contributed by atoms with E-state index >= 15 is 0 Å². The molecule has 0 aliphatic rings. The van der Waals surface area contributed by atoms with Crippen LogP contribution >= 0.6 is 22.9 Å². The average Bonchev–Trinajstić information content (AvgIpc) is 3.38. The monoisotopic (exact) mass is 521 g/mol. The van der Waals surface area contributed by atoms with Gasteiger partial charge in [-0.2, -0.15) is 13.2 Å². The molecule has 0 amide bonds. The van der Waals surface area contributed by atoms with Gasteiger partial charge in [0.05, 0.1) is 5.56 Å². The first-order valence-corrected chi connectivity index (χ1v) is 12.3. The van der Waals surface area contributed by atoms with E-state index in [1.807, 2.05) is 47.8 Å². The number of aromatic amines is 1. The van der Waals surface area contributed by atoms with Crippen molar-refractivity contribution in [1.82, 2.24) is 4.98 Å². The fourth-order valence-corrected chi connectivity index (χ4v) is 5.22. The fourth-order valence-electron chi connectivity index (χ4n) is 4.22. The largest absolute Gasteiger partial charge is 0.416 e. The first-order chi connectivity index (χ1) is 17.3. The summed E-state index contributed by atoms with van der Waals surface area (Å²) >= 11 is 7.79. The summed E-state index contributed by atoms with van der Waals surface area (Å²) < 4.78 is 38.6. The maximum Gasteiger partial charge on any atom is 0.416 e. The van der Waals surface area contributed by atoms with Crippen LogP contribution in [0.3, 0.4) is 0 Å². The molecule has 36 heavy (non-hydrogen) atoms. The SMILES string of the molecule is O=c1cc(/C=C\c2ccc(C(F)(F)F)cc2)c2cc(C(c3ccc(Cl)cc3)c3cccs3)ccc2[nH]1. The lowest BCUT2D eigenvalue weighted by Crippen LogP contribution is -2.06. The molecule has 3 aromatic carbocycles. The number of benzene rings is 3. The number of rotatable bonds is 5. The predicted molar refractivity (Wildman–Crippen MR) is 142 cm³/mol. The van der Waals surface area contributed by atoms with E-state index in [2.05, 4.69) is 17.1 Å². The molecule has 5 aromatic rings. The van der Waals surface area contributed by atoms with Gasteiger partial charge in [0.1, 0.15) is 0 Å². The summed E-state index contributed by atoms with van der Waals surface area (Å²) in [5, 5.41) is 3.54. The molecular formula is C29H19ClF3NOS. The van der Waals surface area contributed by atoms with Crippen LogP contribution in [0, 0.1) is 0 Å². The minimum atomic E-state index is -4.38. The molecule has 0 radical (unpaired) electrons. The standard InChI is InChI=1S/C29H19ClF3NOS/c30-23-12-7-19(8-13-23)28(26-2-1-15-36-26)21-9-14-25-24(16-21)20(17-27(35)34-25)6-3-18-4-10-22(11-5-18)29(31,32)33/h1-17,28H,(H,34,35)/b6-3-. The first kappa shape index (κ1) is 24.1. The quantitative estimate of drug-likeness (QED) is 0.247. The van der Waals surface area contributed by atoms with E-state index in [1.165, 1.54) is 23.1 Å². The molecule has 0 saturated heterocycles. The second-order valence-electron chi connectivity index (χ2n) is 8.35. The number of hydrogen-bond acceptors (Lipinski definition) is 2. The molecule has 7 heteroatoms. The highest BCUT2D eigenvalue weighted by Crippen LogP contribution is 2.37. The topological polar surface area (TPSA) is 32.9 Å². The van der Waals surface area contributed by atoms with Crippen LogP contribution in [0.15, 0.2) is 95.1 Å². The van der Waals surface area contributed by atoms with Crippen LogP contribution < -0.4 is 5.56 Å². The van der Waals surface area contributed by atoms with Crippen molar-refractivity contribution in [2.24, 2.45) is 0 Å². The molecule has 0 spiro atoms. The summed E-state index contributed by atoms with van der Waals surface area (Å²) in [6, 6.07) is 24.2. The van der Waals surface area contributed by atoms with Crippen molar-refractivity contribution in [3.8, 4) is 0 Å². The van der Waals surface area contributed by atoms with Gasteiger partial charge in [0.25, 0.3) is 0 Å². The number of fused-ring (bicyclic) bond motifs is 1. The minimum absolute atomic E-state index is 0.0228. The maximum absolute atomic E-state index is 12.9.